The normalized spacial score (nSPS) is 31.0. The SMILES string of the molecule is B/C(=C\P(=O)(O)OC)[C@H]1O[C@@H](c2ccccc2)[C@H](OC)[C@@H]1OC. The smallest absolute Gasteiger partial charge is 0.350 e. The zero-order valence-electron chi connectivity index (χ0n) is 13.7. The van der Waals surface area contributed by atoms with Crippen molar-refractivity contribution in [2.24, 2.45) is 0 Å². The van der Waals surface area contributed by atoms with Crippen molar-refractivity contribution >= 4 is 15.4 Å². The van der Waals surface area contributed by atoms with Gasteiger partial charge in [-0.05, 0) is 5.56 Å². The predicted octanol–water partition coefficient (Wildman–Crippen LogP) is 1.46. The third-order valence-corrected chi connectivity index (χ3v) is 5.22. The molecular weight excluding hydrogens is 318 g/mol. The fraction of sp³-hybridized carbons (Fsp3) is 0.467. The molecule has 1 aromatic carbocycles. The molecule has 23 heavy (non-hydrogen) atoms. The van der Waals surface area contributed by atoms with Crippen LogP contribution in [0.4, 0.5) is 0 Å². The van der Waals surface area contributed by atoms with Crippen LogP contribution in [0.15, 0.2) is 41.6 Å². The second kappa shape index (κ2) is 7.75. The van der Waals surface area contributed by atoms with E-state index in [-0.39, 0.29) is 12.2 Å². The molecule has 1 saturated heterocycles. The summed E-state index contributed by atoms with van der Waals surface area (Å²) in [5.41, 5.74) is 1.54. The third-order valence-electron chi connectivity index (χ3n) is 3.96. The lowest BCUT2D eigenvalue weighted by molar-refractivity contribution is -0.0265. The van der Waals surface area contributed by atoms with Crippen LogP contribution in [-0.2, 0) is 23.3 Å². The van der Waals surface area contributed by atoms with Crippen LogP contribution in [0.3, 0.4) is 0 Å². The lowest BCUT2D eigenvalue weighted by atomic mass is 9.88. The summed E-state index contributed by atoms with van der Waals surface area (Å²) in [6.45, 7) is 0. The van der Waals surface area contributed by atoms with Crippen LogP contribution < -0.4 is 0 Å². The van der Waals surface area contributed by atoms with Gasteiger partial charge < -0.3 is 23.6 Å². The van der Waals surface area contributed by atoms with Gasteiger partial charge in [-0.2, -0.15) is 0 Å². The molecule has 1 N–H and O–H groups in total. The van der Waals surface area contributed by atoms with E-state index >= 15 is 0 Å². The molecule has 1 fully saturated rings. The zero-order chi connectivity index (χ0) is 17.0. The molecule has 0 aromatic heterocycles. The average molecular weight is 340 g/mol. The van der Waals surface area contributed by atoms with Crippen molar-refractivity contribution in [3.05, 3.63) is 47.2 Å². The molecule has 1 unspecified atom stereocenters. The number of hydrogen-bond donors (Lipinski definition) is 1. The van der Waals surface area contributed by atoms with E-state index in [2.05, 4.69) is 4.52 Å². The van der Waals surface area contributed by atoms with Crippen LogP contribution in [0.2, 0.25) is 0 Å². The maximum atomic E-state index is 11.8. The van der Waals surface area contributed by atoms with E-state index < -0.39 is 19.8 Å². The fourth-order valence-corrected chi connectivity index (χ4v) is 3.60. The van der Waals surface area contributed by atoms with Crippen LogP contribution in [0.25, 0.3) is 0 Å². The van der Waals surface area contributed by atoms with Crippen molar-refractivity contribution in [3.63, 3.8) is 0 Å². The molecular formula is C15H22BO6P. The molecule has 8 heteroatoms. The van der Waals surface area contributed by atoms with Gasteiger partial charge in [0.15, 0.2) is 0 Å². The Hall–Kier alpha value is -0.945. The van der Waals surface area contributed by atoms with Gasteiger partial charge in [-0.3, -0.25) is 4.57 Å². The predicted molar refractivity (Wildman–Crippen MR) is 89.1 cm³/mol. The number of methoxy groups -OCH3 is 2. The maximum Gasteiger partial charge on any atom is 0.350 e. The molecule has 1 aliphatic rings. The van der Waals surface area contributed by atoms with Gasteiger partial charge in [0.25, 0.3) is 0 Å². The van der Waals surface area contributed by atoms with Crippen molar-refractivity contribution in [3.8, 4) is 0 Å². The largest absolute Gasteiger partial charge is 0.376 e. The van der Waals surface area contributed by atoms with E-state index in [1.807, 2.05) is 30.3 Å². The molecule has 0 radical (unpaired) electrons. The van der Waals surface area contributed by atoms with E-state index in [0.717, 1.165) is 5.56 Å². The molecule has 5 atom stereocenters. The first-order valence-corrected chi connectivity index (χ1v) is 8.91. The standard InChI is InChI=1S/C15H22BO6P/c1-19-14-12(10-7-5-4-6-8-10)22-13(15(14)20-2)11(16)9-23(17,18)21-3/h4-9,12-15H,16H2,1-3H3,(H,17,18)/b11-9-/t12-,13+,14-,15+/m0/s1. The Labute approximate surface area is 137 Å². The lowest BCUT2D eigenvalue weighted by Gasteiger charge is -2.22. The highest BCUT2D eigenvalue weighted by atomic mass is 31.2. The molecule has 2 rings (SSSR count). The quantitative estimate of drug-likeness (QED) is 0.624. The second-order valence-corrected chi connectivity index (χ2v) is 7.16. The monoisotopic (exact) mass is 340 g/mol. The van der Waals surface area contributed by atoms with E-state index in [1.54, 1.807) is 22.1 Å². The summed E-state index contributed by atoms with van der Waals surface area (Å²) in [7, 11) is 2.31. The molecule has 1 heterocycles. The first-order valence-electron chi connectivity index (χ1n) is 7.27. The highest BCUT2D eigenvalue weighted by Crippen LogP contribution is 2.46. The number of ether oxygens (including phenoxy) is 3. The molecule has 126 valence electrons. The molecule has 1 aromatic rings. The van der Waals surface area contributed by atoms with Gasteiger partial charge in [0.1, 0.15) is 32.3 Å². The van der Waals surface area contributed by atoms with E-state index in [9.17, 15) is 9.46 Å². The van der Waals surface area contributed by atoms with Gasteiger partial charge >= 0.3 is 7.60 Å². The van der Waals surface area contributed by atoms with Crippen LogP contribution in [0.5, 0.6) is 0 Å². The topological polar surface area (TPSA) is 74.2 Å². The molecule has 0 spiro atoms. The minimum absolute atomic E-state index is 0.319. The molecule has 6 nitrogen and oxygen atoms in total. The summed E-state index contributed by atoms with van der Waals surface area (Å²) < 4.78 is 33.6. The third kappa shape index (κ3) is 4.12. The highest BCUT2D eigenvalue weighted by molar-refractivity contribution is 7.56. The van der Waals surface area contributed by atoms with Crippen molar-refractivity contribution in [1.82, 2.24) is 0 Å². The number of hydrogen-bond acceptors (Lipinski definition) is 5. The van der Waals surface area contributed by atoms with Gasteiger partial charge in [0, 0.05) is 27.1 Å². The van der Waals surface area contributed by atoms with Crippen molar-refractivity contribution in [2.45, 2.75) is 24.4 Å². The van der Waals surface area contributed by atoms with Gasteiger partial charge in [-0.15, -0.1) is 0 Å². The van der Waals surface area contributed by atoms with Gasteiger partial charge in [-0.1, -0.05) is 35.8 Å². The van der Waals surface area contributed by atoms with Crippen LogP contribution in [0.1, 0.15) is 11.7 Å². The van der Waals surface area contributed by atoms with Crippen molar-refractivity contribution in [2.75, 3.05) is 21.3 Å². The summed E-state index contributed by atoms with van der Waals surface area (Å²) in [4.78, 5) is 9.65. The minimum Gasteiger partial charge on any atom is -0.376 e. The van der Waals surface area contributed by atoms with Gasteiger partial charge in [-0.25, -0.2) is 0 Å². The van der Waals surface area contributed by atoms with E-state index in [0.29, 0.717) is 5.47 Å². The Morgan fingerprint density at radius 1 is 1.22 bits per heavy atom. The number of benzene rings is 1. The van der Waals surface area contributed by atoms with E-state index in [4.69, 9.17) is 14.2 Å². The summed E-state index contributed by atoms with van der Waals surface area (Å²) in [5.74, 6) is 1.20. The second-order valence-electron chi connectivity index (χ2n) is 5.41. The molecule has 0 saturated carbocycles. The Morgan fingerprint density at radius 2 is 1.83 bits per heavy atom. The van der Waals surface area contributed by atoms with Crippen molar-refractivity contribution in [1.29, 1.82) is 0 Å². The Bertz CT molecular complexity index is 593. The van der Waals surface area contributed by atoms with Gasteiger partial charge in [0.2, 0.25) is 0 Å². The Kier molecular flexibility index (Phi) is 6.20. The Morgan fingerprint density at radius 3 is 2.35 bits per heavy atom. The van der Waals surface area contributed by atoms with E-state index in [1.165, 1.54) is 12.9 Å². The number of rotatable bonds is 6. The zero-order valence-corrected chi connectivity index (χ0v) is 14.6. The molecule has 1 aliphatic heterocycles. The Balaban J connectivity index is 2.33. The molecule has 0 bridgehead atoms. The minimum atomic E-state index is -3.78. The maximum absolute atomic E-state index is 11.8. The summed E-state index contributed by atoms with van der Waals surface area (Å²) in [5, 5.41) is 0. The first-order chi connectivity index (χ1) is 10.9. The van der Waals surface area contributed by atoms with Crippen LogP contribution in [0, 0.1) is 0 Å². The summed E-state index contributed by atoms with van der Waals surface area (Å²) >= 11 is 0. The fourth-order valence-electron chi connectivity index (χ4n) is 2.83. The molecule has 0 aliphatic carbocycles. The highest BCUT2D eigenvalue weighted by Gasteiger charge is 2.46. The lowest BCUT2D eigenvalue weighted by Crippen LogP contribution is -2.35. The molecule has 0 amide bonds. The van der Waals surface area contributed by atoms with Gasteiger partial charge in [0.05, 0.1) is 0 Å². The van der Waals surface area contributed by atoms with Crippen LogP contribution >= 0.6 is 7.60 Å². The van der Waals surface area contributed by atoms with Crippen LogP contribution in [-0.4, -0.2) is 52.4 Å². The summed E-state index contributed by atoms with van der Waals surface area (Å²) in [6, 6.07) is 9.69. The first kappa shape index (κ1) is 18.4. The average Bonchev–Trinajstić information content (AvgIpc) is 2.94. The summed E-state index contributed by atoms with van der Waals surface area (Å²) in [6.07, 6.45) is -1.53. The van der Waals surface area contributed by atoms with Crippen molar-refractivity contribution < 1.29 is 28.2 Å².